The number of amides is 1. The lowest BCUT2D eigenvalue weighted by Gasteiger charge is -2.08. The molecule has 4 heteroatoms. The minimum absolute atomic E-state index is 0.0628. The van der Waals surface area contributed by atoms with Gasteiger partial charge in [-0.1, -0.05) is 0 Å². The Labute approximate surface area is 71.5 Å². The highest BCUT2D eigenvalue weighted by Crippen LogP contribution is 2.10. The highest BCUT2D eigenvalue weighted by atomic mass is 16.5. The van der Waals surface area contributed by atoms with Crippen LogP contribution in [0.25, 0.3) is 0 Å². The quantitative estimate of drug-likeness (QED) is 0.654. The zero-order valence-electron chi connectivity index (χ0n) is 6.88. The Bertz CT molecular complexity index is 192. The molecule has 1 fully saturated rings. The molecule has 1 heterocycles. The first-order valence-electron chi connectivity index (χ1n) is 4.08. The summed E-state index contributed by atoms with van der Waals surface area (Å²) in [7, 11) is 0. The van der Waals surface area contributed by atoms with Gasteiger partial charge in [-0.2, -0.15) is 5.26 Å². The van der Waals surface area contributed by atoms with Crippen LogP contribution in [-0.2, 0) is 9.53 Å². The first-order valence-corrected chi connectivity index (χ1v) is 4.08. The van der Waals surface area contributed by atoms with Gasteiger partial charge < -0.3 is 10.1 Å². The lowest BCUT2D eigenvalue weighted by Crippen LogP contribution is -2.31. The van der Waals surface area contributed by atoms with E-state index in [9.17, 15) is 4.79 Å². The van der Waals surface area contributed by atoms with Crippen molar-refractivity contribution in [3.8, 4) is 6.07 Å². The number of rotatable bonds is 3. The molecule has 1 saturated heterocycles. The van der Waals surface area contributed by atoms with Crippen LogP contribution in [0.2, 0.25) is 0 Å². The van der Waals surface area contributed by atoms with Gasteiger partial charge in [-0.05, 0) is 12.8 Å². The number of nitrogens with zero attached hydrogens (tertiary/aromatic N) is 1. The van der Waals surface area contributed by atoms with E-state index in [0.29, 0.717) is 6.54 Å². The van der Waals surface area contributed by atoms with E-state index in [2.05, 4.69) is 5.32 Å². The smallest absolute Gasteiger partial charge is 0.234 e. The van der Waals surface area contributed by atoms with Crippen molar-refractivity contribution in [2.24, 2.45) is 0 Å². The fraction of sp³-hybridized carbons (Fsp3) is 0.750. The van der Waals surface area contributed by atoms with Gasteiger partial charge in [-0.3, -0.25) is 4.79 Å². The molecular weight excluding hydrogens is 156 g/mol. The minimum atomic E-state index is -0.215. The van der Waals surface area contributed by atoms with Crippen LogP contribution < -0.4 is 5.32 Å². The second-order valence-corrected chi connectivity index (χ2v) is 2.77. The number of carbonyl (C=O) groups is 1. The van der Waals surface area contributed by atoms with Crippen molar-refractivity contribution in [3.63, 3.8) is 0 Å². The summed E-state index contributed by atoms with van der Waals surface area (Å²) in [5, 5.41) is 10.8. The molecule has 0 bridgehead atoms. The summed E-state index contributed by atoms with van der Waals surface area (Å²) in [4.78, 5) is 10.8. The molecule has 66 valence electrons. The van der Waals surface area contributed by atoms with Crippen LogP contribution in [0.15, 0.2) is 0 Å². The van der Waals surface area contributed by atoms with Crippen LogP contribution >= 0.6 is 0 Å². The average molecular weight is 168 g/mol. The third-order valence-corrected chi connectivity index (χ3v) is 1.79. The molecule has 1 atom stereocenters. The van der Waals surface area contributed by atoms with Crippen LogP contribution in [0.4, 0.5) is 0 Å². The highest BCUT2D eigenvalue weighted by Gasteiger charge is 2.15. The molecule has 0 aromatic heterocycles. The lowest BCUT2D eigenvalue weighted by molar-refractivity contribution is -0.120. The Morgan fingerprint density at radius 1 is 1.75 bits per heavy atom. The van der Waals surface area contributed by atoms with Gasteiger partial charge in [0.05, 0.1) is 12.2 Å². The van der Waals surface area contributed by atoms with E-state index >= 15 is 0 Å². The zero-order chi connectivity index (χ0) is 8.81. The van der Waals surface area contributed by atoms with E-state index in [1.165, 1.54) is 0 Å². The van der Waals surface area contributed by atoms with Crippen LogP contribution in [0.3, 0.4) is 0 Å². The van der Waals surface area contributed by atoms with Crippen LogP contribution in [0, 0.1) is 11.3 Å². The molecule has 0 aromatic rings. The maximum atomic E-state index is 10.8. The van der Waals surface area contributed by atoms with Gasteiger partial charge in [0.15, 0.2) is 0 Å². The first-order chi connectivity index (χ1) is 5.83. The summed E-state index contributed by atoms with van der Waals surface area (Å²) >= 11 is 0. The second kappa shape index (κ2) is 4.73. The van der Waals surface area contributed by atoms with Crippen LogP contribution in [0.1, 0.15) is 19.3 Å². The summed E-state index contributed by atoms with van der Waals surface area (Å²) in [5.74, 6) is -0.215. The molecule has 1 aliphatic rings. The topological polar surface area (TPSA) is 62.1 Å². The molecule has 0 spiro atoms. The van der Waals surface area contributed by atoms with E-state index in [0.717, 1.165) is 19.4 Å². The third-order valence-electron chi connectivity index (χ3n) is 1.79. The van der Waals surface area contributed by atoms with Crippen molar-refractivity contribution in [1.29, 1.82) is 5.26 Å². The Morgan fingerprint density at radius 2 is 2.58 bits per heavy atom. The molecule has 1 rings (SSSR count). The number of carbonyl (C=O) groups excluding carboxylic acids is 1. The maximum absolute atomic E-state index is 10.8. The second-order valence-electron chi connectivity index (χ2n) is 2.77. The molecule has 1 N–H and O–H groups in total. The van der Waals surface area contributed by atoms with Crippen LogP contribution in [0.5, 0.6) is 0 Å². The van der Waals surface area contributed by atoms with Gasteiger partial charge >= 0.3 is 0 Å². The van der Waals surface area contributed by atoms with Crippen molar-refractivity contribution in [1.82, 2.24) is 5.32 Å². The van der Waals surface area contributed by atoms with Crippen molar-refractivity contribution in [2.45, 2.75) is 25.4 Å². The molecule has 12 heavy (non-hydrogen) atoms. The van der Waals surface area contributed by atoms with Gasteiger partial charge in [-0.25, -0.2) is 0 Å². The Balaban J connectivity index is 2.08. The number of nitrogens with one attached hydrogen (secondary N) is 1. The molecule has 0 aromatic carbocycles. The standard InChI is InChI=1S/C8H12N2O2/c9-4-3-8(11)10-6-7-2-1-5-12-7/h7H,1-3,5-6H2,(H,10,11)/t7-/m0/s1. The van der Waals surface area contributed by atoms with Crippen molar-refractivity contribution in [2.75, 3.05) is 13.2 Å². The normalized spacial score (nSPS) is 21.8. The molecule has 1 aliphatic heterocycles. The van der Waals surface area contributed by atoms with Crippen LogP contribution in [-0.4, -0.2) is 25.2 Å². The molecule has 0 radical (unpaired) electrons. The fourth-order valence-electron chi connectivity index (χ4n) is 1.17. The molecule has 0 unspecified atom stereocenters. The van der Waals surface area contributed by atoms with Gasteiger partial charge in [-0.15, -0.1) is 0 Å². The summed E-state index contributed by atoms with van der Waals surface area (Å²) in [6, 6.07) is 1.79. The van der Waals surface area contributed by atoms with Crippen molar-refractivity contribution in [3.05, 3.63) is 0 Å². The van der Waals surface area contributed by atoms with Gasteiger partial charge in [0.25, 0.3) is 0 Å². The molecule has 4 nitrogen and oxygen atoms in total. The van der Waals surface area contributed by atoms with E-state index in [4.69, 9.17) is 10.00 Å². The third kappa shape index (κ3) is 2.89. The van der Waals surface area contributed by atoms with E-state index < -0.39 is 0 Å². The fourth-order valence-corrected chi connectivity index (χ4v) is 1.17. The highest BCUT2D eigenvalue weighted by molar-refractivity contribution is 5.77. The average Bonchev–Trinajstić information content (AvgIpc) is 2.53. The Hall–Kier alpha value is -1.08. The first kappa shape index (κ1) is 9.01. The van der Waals surface area contributed by atoms with E-state index in [1.54, 1.807) is 6.07 Å². The van der Waals surface area contributed by atoms with Gasteiger partial charge in [0.2, 0.25) is 5.91 Å². The largest absolute Gasteiger partial charge is 0.376 e. The number of nitriles is 1. The molecule has 0 saturated carbocycles. The number of hydrogen-bond acceptors (Lipinski definition) is 3. The predicted molar refractivity (Wildman–Crippen MR) is 42.2 cm³/mol. The predicted octanol–water partition coefficient (Wildman–Crippen LogP) is 0.195. The molecule has 0 aliphatic carbocycles. The SMILES string of the molecule is N#CCC(=O)NC[C@@H]1CCCO1. The van der Waals surface area contributed by atoms with Gasteiger partial charge in [0, 0.05) is 13.2 Å². The number of ether oxygens (including phenoxy) is 1. The monoisotopic (exact) mass is 168 g/mol. The minimum Gasteiger partial charge on any atom is -0.376 e. The summed E-state index contributed by atoms with van der Waals surface area (Å²) in [5.41, 5.74) is 0. The Kier molecular flexibility index (Phi) is 3.55. The number of hydrogen-bond donors (Lipinski definition) is 1. The Morgan fingerprint density at radius 3 is 3.17 bits per heavy atom. The summed E-state index contributed by atoms with van der Waals surface area (Å²) in [6.45, 7) is 1.33. The summed E-state index contributed by atoms with van der Waals surface area (Å²) < 4.78 is 5.28. The van der Waals surface area contributed by atoms with E-state index in [1.807, 2.05) is 0 Å². The molecule has 1 amide bonds. The maximum Gasteiger partial charge on any atom is 0.234 e. The van der Waals surface area contributed by atoms with Gasteiger partial charge in [0.1, 0.15) is 6.42 Å². The zero-order valence-corrected chi connectivity index (χ0v) is 6.88. The van der Waals surface area contributed by atoms with Crippen molar-refractivity contribution >= 4 is 5.91 Å². The van der Waals surface area contributed by atoms with Crippen molar-refractivity contribution < 1.29 is 9.53 Å². The lowest BCUT2D eigenvalue weighted by atomic mass is 10.2. The molecular formula is C8H12N2O2. The summed E-state index contributed by atoms with van der Waals surface area (Å²) in [6.07, 6.45) is 2.17. The van der Waals surface area contributed by atoms with E-state index in [-0.39, 0.29) is 18.4 Å².